The van der Waals surface area contributed by atoms with E-state index in [1.807, 2.05) is 36.2 Å². The lowest BCUT2D eigenvalue weighted by Gasteiger charge is -2.20. The molecule has 2 aromatic rings. The van der Waals surface area contributed by atoms with Gasteiger partial charge in [-0.25, -0.2) is 4.39 Å². The van der Waals surface area contributed by atoms with Crippen molar-refractivity contribution >= 4 is 34.5 Å². The van der Waals surface area contributed by atoms with E-state index >= 15 is 0 Å². The maximum atomic E-state index is 14.1. The van der Waals surface area contributed by atoms with Gasteiger partial charge in [-0.1, -0.05) is 36.0 Å². The molecule has 0 amide bonds. The Morgan fingerprint density at radius 3 is 2.65 bits per heavy atom. The molecular weight excluding hydrogens is 295 g/mol. The summed E-state index contributed by atoms with van der Waals surface area (Å²) in [5.74, 6) is -0.347. The van der Waals surface area contributed by atoms with Crippen LogP contribution in [0.5, 0.6) is 0 Å². The largest absolute Gasteiger partial charge is 0.389 e. The molecule has 0 saturated heterocycles. The predicted octanol–water partition coefficient (Wildman–Crippen LogP) is 3.75. The monoisotopic (exact) mass is 308 g/mol. The summed E-state index contributed by atoms with van der Waals surface area (Å²) in [6.07, 6.45) is 0. The van der Waals surface area contributed by atoms with Crippen molar-refractivity contribution in [3.05, 3.63) is 64.4 Å². The number of hydrogen-bond donors (Lipinski definition) is 1. The molecule has 0 atom stereocenters. The molecule has 0 aliphatic heterocycles. The van der Waals surface area contributed by atoms with Crippen molar-refractivity contribution in [2.24, 2.45) is 5.73 Å². The van der Waals surface area contributed by atoms with E-state index < -0.39 is 0 Å². The molecule has 2 nitrogen and oxygen atoms in total. The van der Waals surface area contributed by atoms with Crippen molar-refractivity contribution in [3.63, 3.8) is 0 Å². The highest BCUT2D eigenvalue weighted by molar-refractivity contribution is 7.80. The first-order chi connectivity index (χ1) is 9.47. The van der Waals surface area contributed by atoms with Crippen molar-refractivity contribution < 1.29 is 4.39 Å². The molecule has 20 heavy (non-hydrogen) atoms. The Labute approximate surface area is 128 Å². The third kappa shape index (κ3) is 3.46. The average molecular weight is 309 g/mol. The highest BCUT2D eigenvalue weighted by Crippen LogP contribution is 2.22. The summed E-state index contributed by atoms with van der Waals surface area (Å²) in [6.45, 7) is 0.559. The number of halogens is 2. The summed E-state index contributed by atoms with van der Waals surface area (Å²) < 4.78 is 14.1. The Balaban J connectivity index is 2.21. The maximum absolute atomic E-state index is 14.1. The van der Waals surface area contributed by atoms with E-state index in [1.54, 1.807) is 12.1 Å². The minimum atomic E-state index is -0.347. The lowest BCUT2D eigenvalue weighted by molar-refractivity contribution is 0.622. The molecule has 0 saturated carbocycles. The Bertz CT molecular complexity index is 646. The highest BCUT2D eigenvalue weighted by Gasteiger charge is 2.10. The third-order valence-corrected chi connectivity index (χ3v) is 3.42. The smallest absolute Gasteiger partial charge is 0.147 e. The molecular formula is C15H14ClFN2S. The number of nitrogens with two attached hydrogens (primary N) is 1. The van der Waals surface area contributed by atoms with Crippen molar-refractivity contribution in [1.29, 1.82) is 0 Å². The number of nitrogens with zero attached hydrogens (tertiary/aromatic N) is 1. The van der Waals surface area contributed by atoms with Gasteiger partial charge in [-0.3, -0.25) is 0 Å². The van der Waals surface area contributed by atoms with Gasteiger partial charge in [0.2, 0.25) is 0 Å². The second-order valence-electron chi connectivity index (χ2n) is 4.52. The summed E-state index contributed by atoms with van der Waals surface area (Å²) in [5, 5.41) is 0.667. The van der Waals surface area contributed by atoms with Gasteiger partial charge in [0.15, 0.2) is 0 Å². The molecule has 0 radical (unpaired) electrons. The predicted molar refractivity (Wildman–Crippen MR) is 85.8 cm³/mol. The molecule has 0 fully saturated rings. The van der Waals surface area contributed by atoms with Crippen molar-refractivity contribution in [3.8, 4) is 0 Å². The van der Waals surface area contributed by atoms with Crippen LogP contribution in [0.3, 0.4) is 0 Å². The molecule has 2 rings (SSSR count). The van der Waals surface area contributed by atoms with Gasteiger partial charge in [0.25, 0.3) is 0 Å². The van der Waals surface area contributed by atoms with Gasteiger partial charge in [-0.2, -0.15) is 0 Å². The number of benzene rings is 2. The standard InChI is InChI=1S/C15H14ClFN2S/c1-19(9-10-3-2-4-12(16)7-10)14-6-5-11(15(18)20)8-13(14)17/h2-8H,9H2,1H3,(H2,18,20). The van der Waals surface area contributed by atoms with Gasteiger partial charge < -0.3 is 10.6 Å². The molecule has 2 aromatic carbocycles. The van der Waals surface area contributed by atoms with E-state index in [2.05, 4.69) is 0 Å². The second kappa shape index (κ2) is 6.20. The van der Waals surface area contributed by atoms with E-state index in [0.29, 0.717) is 22.8 Å². The molecule has 104 valence electrons. The SMILES string of the molecule is CN(Cc1cccc(Cl)c1)c1ccc(C(N)=S)cc1F. The van der Waals surface area contributed by atoms with Gasteiger partial charge in [-0.05, 0) is 35.9 Å². The Hall–Kier alpha value is -1.65. The third-order valence-electron chi connectivity index (χ3n) is 2.95. The number of rotatable bonds is 4. The lowest BCUT2D eigenvalue weighted by Crippen LogP contribution is -2.18. The van der Waals surface area contributed by atoms with E-state index in [1.165, 1.54) is 6.07 Å². The fourth-order valence-electron chi connectivity index (χ4n) is 1.96. The summed E-state index contributed by atoms with van der Waals surface area (Å²) in [4.78, 5) is 2.00. The molecule has 2 N–H and O–H groups in total. The number of anilines is 1. The molecule has 5 heteroatoms. The molecule has 0 bridgehead atoms. The fraction of sp³-hybridized carbons (Fsp3) is 0.133. The van der Waals surface area contributed by atoms with Crippen LogP contribution in [0.2, 0.25) is 5.02 Å². The topological polar surface area (TPSA) is 29.3 Å². The minimum absolute atomic E-state index is 0.188. The first-order valence-electron chi connectivity index (χ1n) is 6.02. The first-order valence-corrected chi connectivity index (χ1v) is 6.81. The van der Waals surface area contributed by atoms with Crippen LogP contribution in [0.15, 0.2) is 42.5 Å². The van der Waals surface area contributed by atoms with E-state index in [0.717, 1.165) is 5.56 Å². The molecule has 0 heterocycles. The fourth-order valence-corrected chi connectivity index (χ4v) is 2.30. The van der Waals surface area contributed by atoms with E-state index in [4.69, 9.17) is 29.6 Å². The van der Waals surface area contributed by atoms with Gasteiger partial charge in [0.1, 0.15) is 10.8 Å². The van der Waals surface area contributed by atoms with Crippen molar-refractivity contribution in [2.75, 3.05) is 11.9 Å². The van der Waals surface area contributed by atoms with Crippen LogP contribution in [0.25, 0.3) is 0 Å². The normalized spacial score (nSPS) is 10.3. The van der Waals surface area contributed by atoms with Crippen LogP contribution in [-0.2, 0) is 6.54 Å². The summed E-state index contributed by atoms with van der Waals surface area (Å²) >= 11 is 10.8. The summed E-state index contributed by atoms with van der Waals surface area (Å²) in [6, 6.07) is 12.2. The molecule has 0 spiro atoms. The lowest BCUT2D eigenvalue weighted by atomic mass is 10.1. The van der Waals surface area contributed by atoms with Crippen LogP contribution in [-0.4, -0.2) is 12.0 Å². The summed E-state index contributed by atoms with van der Waals surface area (Å²) in [7, 11) is 1.82. The van der Waals surface area contributed by atoms with Crippen molar-refractivity contribution in [2.45, 2.75) is 6.54 Å². The minimum Gasteiger partial charge on any atom is -0.389 e. The van der Waals surface area contributed by atoms with Crippen LogP contribution in [0.4, 0.5) is 10.1 Å². The highest BCUT2D eigenvalue weighted by atomic mass is 35.5. The quantitative estimate of drug-likeness (QED) is 0.872. The average Bonchev–Trinajstić information content (AvgIpc) is 2.38. The van der Waals surface area contributed by atoms with Crippen LogP contribution >= 0.6 is 23.8 Å². The summed E-state index contributed by atoms with van der Waals surface area (Å²) in [5.41, 5.74) is 7.51. The zero-order valence-corrected chi connectivity index (χ0v) is 12.5. The Morgan fingerprint density at radius 1 is 1.30 bits per heavy atom. The Kier molecular flexibility index (Phi) is 4.57. The second-order valence-corrected chi connectivity index (χ2v) is 5.39. The molecule has 0 aliphatic carbocycles. The van der Waals surface area contributed by atoms with Gasteiger partial charge in [-0.15, -0.1) is 0 Å². The van der Waals surface area contributed by atoms with Gasteiger partial charge >= 0.3 is 0 Å². The molecule has 0 unspecified atom stereocenters. The number of hydrogen-bond acceptors (Lipinski definition) is 2. The van der Waals surface area contributed by atoms with Gasteiger partial charge in [0.05, 0.1) is 5.69 Å². The van der Waals surface area contributed by atoms with Crippen molar-refractivity contribution in [1.82, 2.24) is 0 Å². The molecule has 0 aromatic heterocycles. The molecule has 0 aliphatic rings. The maximum Gasteiger partial charge on any atom is 0.147 e. The zero-order valence-electron chi connectivity index (χ0n) is 10.9. The Morgan fingerprint density at radius 2 is 2.05 bits per heavy atom. The van der Waals surface area contributed by atoms with Gasteiger partial charge in [0, 0.05) is 24.2 Å². The van der Waals surface area contributed by atoms with E-state index in [-0.39, 0.29) is 10.8 Å². The van der Waals surface area contributed by atoms with Crippen LogP contribution in [0, 0.1) is 5.82 Å². The van der Waals surface area contributed by atoms with E-state index in [9.17, 15) is 4.39 Å². The van der Waals surface area contributed by atoms with Crippen LogP contribution < -0.4 is 10.6 Å². The van der Waals surface area contributed by atoms with Crippen LogP contribution in [0.1, 0.15) is 11.1 Å². The first kappa shape index (κ1) is 14.8. The number of thiocarbonyl (C=S) groups is 1. The zero-order chi connectivity index (χ0) is 14.7.